The zero-order valence-corrected chi connectivity index (χ0v) is 20.7. The summed E-state index contributed by atoms with van der Waals surface area (Å²) in [5, 5.41) is 13.8. The highest BCUT2D eigenvalue weighted by Gasteiger charge is 2.49. The van der Waals surface area contributed by atoms with Crippen LogP contribution in [0.2, 0.25) is 0 Å². The van der Waals surface area contributed by atoms with E-state index in [4.69, 9.17) is 18.9 Å². The summed E-state index contributed by atoms with van der Waals surface area (Å²) in [4.78, 5) is 27.0. The topological polar surface area (TPSA) is 107 Å². The van der Waals surface area contributed by atoms with Crippen LogP contribution < -0.4 is 5.32 Å². The number of amides is 2. The molecule has 2 aliphatic heterocycles. The van der Waals surface area contributed by atoms with Crippen molar-refractivity contribution in [3.8, 4) is 0 Å². The van der Waals surface area contributed by atoms with Crippen LogP contribution >= 0.6 is 0 Å². The first-order valence-electron chi connectivity index (χ1n) is 12.5. The Hall–Kier alpha value is -3.92. The van der Waals surface area contributed by atoms with Crippen molar-refractivity contribution >= 4 is 12.2 Å². The number of rotatable bonds is 6. The highest BCUT2D eigenvalue weighted by Crippen LogP contribution is 2.35. The van der Waals surface area contributed by atoms with Gasteiger partial charge < -0.3 is 29.4 Å². The maximum absolute atomic E-state index is 13.1. The Morgan fingerprint density at radius 2 is 1.45 bits per heavy atom. The maximum atomic E-state index is 13.1. The molecule has 0 saturated carbocycles. The first-order chi connectivity index (χ1) is 18.6. The van der Waals surface area contributed by atoms with Gasteiger partial charge in [-0.25, -0.2) is 9.59 Å². The number of aliphatic hydroxyl groups excluding tert-OH is 1. The Kier molecular flexibility index (Phi) is 8.18. The van der Waals surface area contributed by atoms with Crippen molar-refractivity contribution in [1.82, 2.24) is 10.2 Å². The van der Waals surface area contributed by atoms with Gasteiger partial charge in [0.1, 0.15) is 31.5 Å². The van der Waals surface area contributed by atoms with Gasteiger partial charge in [0.25, 0.3) is 0 Å². The molecule has 0 aliphatic carbocycles. The Balaban J connectivity index is 1.24. The number of ether oxygens (including phenoxy) is 4. The SMILES string of the molecule is O=C(N[C@H]1CO[C@@H]2CN(C(=O)OCc3ccccc3)C(c3ccccc3)O[C@H]2[C@@H]1O)OCc1ccccc1. The molecule has 5 rings (SSSR count). The van der Waals surface area contributed by atoms with Crippen molar-refractivity contribution in [2.24, 2.45) is 0 Å². The van der Waals surface area contributed by atoms with Gasteiger partial charge in [0.2, 0.25) is 0 Å². The number of alkyl carbamates (subject to hydrolysis) is 1. The third-order valence-electron chi connectivity index (χ3n) is 6.59. The quantitative estimate of drug-likeness (QED) is 0.512. The van der Waals surface area contributed by atoms with Gasteiger partial charge in [0.15, 0.2) is 6.23 Å². The molecule has 3 aromatic rings. The average Bonchev–Trinajstić information content (AvgIpc) is 2.97. The fourth-order valence-corrected chi connectivity index (χ4v) is 4.60. The summed E-state index contributed by atoms with van der Waals surface area (Å²) in [6, 6.07) is 27.2. The molecule has 0 spiro atoms. The second-order valence-electron chi connectivity index (χ2n) is 9.23. The molecular weight excluding hydrogens is 488 g/mol. The van der Waals surface area contributed by atoms with E-state index in [9.17, 15) is 14.7 Å². The Labute approximate surface area is 220 Å². The summed E-state index contributed by atoms with van der Waals surface area (Å²) in [6.45, 7) is 0.413. The van der Waals surface area contributed by atoms with Crippen molar-refractivity contribution in [3.05, 3.63) is 108 Å². The summed E-state index contributed by atoms with van der Waals surface area (Å²) in [6.07, 6.45) is -4.49. The van der Waals surface area contributed by atoms with E-state index in [0.717, 1.165) is 16.7 Å². The van der Waals surface area contributed by atoms with Crippen molar-refractivity contribution in [2.75, 3.05) is 13.2 Å². The standard InChI is InChI=1S/C29H30N2O7/c32-25-23(30-28(33)36-17-20-10-4-1-5-11-20)19-35-24-16-31(29(34)37-18-21-12-6-2-7-13-21)27(38-26(24)25)22-14-8-3-9-15-22/h1-15,23-27,32H,16-19H2,(H,30,33)/t23-,24+,25+,26+,27?/m0/s1. The monoisotopic (exact) mass is 518 g/mol. The highest BCUT2D eigenvalue weighted by atomic mass is 16.6. The van der Waals surface area contributed by atoms with Gasteiger partial charge in [-0.15, -0.1) is 0 Å². The van der Waals surface area contributed by atoms with Crippen LogP contribution in [-0.4, -0.2) is 59.7 Å². The van der Waals surface area contributed by atoms with Crippen LogP contribution in [0, 0.1) is 0 Å². The number of hydrogen-bond donors (Lipinski definition) is 2. The molecule has 0 aromatic heterocycles. The molecule has 2 saturated heterocycles. The third kappa shape index (κ3) is 6.13. The van der Waals surface area contributed by atoms with Gasteiger partial charge in [-0.3, -0.25) is 4.90 Å². The summed E-state index contributed by atoms with van der Waals surface area (Å²) in [7, 11) is 0. The van der Waals surface area contributed by atoms with Crippen LogP contribution in [-0.2, 0) is 32.2 Å². The number of benzene rings is 3. The summed E-state index contributed by atoms with van der Waals surface area (Å²) in [5.74, 6) is 0. The molecule has 1 unspecified atom stereocenters. The van der Waals surface area contributed by atoms with E-state index in [2.05, 4.69) is 5.32 Å². The smallest absolute Gasteiger partial charge is 0.412 e. The Bertz CT molecular complexity index is 1190. The van der Waals surface area contributed by atoms with E-state index in [0.29, 0.717) is 0 Å². The van der Waals surface area contributed by atoms with Crippen LogP contribution in [0.3, 0.4) is 0 Å². The predicted molar refractivity (Wildman–Crippen MR) is 137 cm³/mol. The molecule has 5 atom stereocenters. The number of carbonyl (C=O) groups excluding carboxylic acids is 2. The first-order valence-corrected chi connectivity index (χ1v) is 12.5. The van der Waals surface area contributed by atoms with Gasteiger partial charge >= 0.3 is 12.2 Å². The number of carbonyl (C=O) groups is 2. The summed E-state index contributed by atoms with van der Waals surface area (Å²) < 4.78 is 23.1. The van der Waals surface area contributed by atoms with Gasteiger partial charge in [-0.2, -0.15) is 0 Å². The minimum atomic E-state index is -1.08. The largest absolute Gasteiger partial charge is 0.445 e. The number of fused-ring (bicyclic) bond motifs is 1. The van der Waals surface area contributed by atoms with E-state index in [-0.39, 0.29) is 26.4 Å². The molecule has 2 aliphatic rings. The minimum Gasteiger partial charge on any atom is -0.445 e. The van der Waals surface area contributed by atoms with Crippen molar-refractivity contribution in [2.45, 2.75) is 43.8 Å². The van der Waals surface area contributed by atoms with Crippen LogP contribution in [0.15, 0.2) is 91.0 Å². The first kappa shape index (κ1) is 25.7. The normalized spacial score (nSPS) is 24.7. The van der Waals surface area contributed by atoms with Gasteiger partial charge in [0.05, 0.1) is 19.2 Å². The van der Waals surface area contributed by atoms with E-state index < -0.39 is 42.8 Å². The third-order valence-corrected chi connectivity index (χ3v) is 6.59. The maximum Gasteiger partial charge on any atom is 0.412 e. The molecule has 9 nitrogen and oxygen atoms in total. The van der Waals surface area contributed by atoms with Gasteiger partial charge in [0, 0.05) is 5.56 Å². The Morgan fingerprint density at radius 3 is 2.08 bits per heavy atom. The molecule has 0 bridgehead atoms. The van der Waals surface area contributed by atoms with Crippen molar-refractivity contribution in [1.29, 1.82) is 0 Å². The second kappa shape index (κ2) is 12.1. The van der Waals surface area contributed by atoms with Crippen LogP contribution in [0.5, 0.6) is 0 Å². The molecule has 2 N–H and O–H groups in total. The van der Waals surface area contributed by atoms with Crippen LogP contribution in [0.1, 0.15) is 22.9 Å². The summed E-state index contributed by atoms with van der Waals surface area (Å²) in [5.41, 5.74) is 2.45. The lowest BCUT2D eigenvalue weighted by Crippen LogP contribution is -2.65. The highest BCUT2D eigenvalue weighted by molar-refractivity contribution is 5.69. The van der Waals surface area contributed by atoms with Crippen LogP contribution in [0.4, 0.5) is 9.59 Å². The minimum absolute atomic E-state index is 0.0367. The predicted octanol–water partition coefficient (Wildman–Crippen LogP) is 3.78. The lowest BCUT2D eigenvalue weighted by molar-refractivity contribution is -0.249. The fourth-order valence-electron chi connectivity index (χ4n) is 4.60. The van der Waals surface area contributed by atoms with Gasteiger partial charge in [-0.05, 0) is 11.1 Å². The fraction of sp³-hybridized carbons (Fsp3) is 0.310. The van der Waals surface area contributed by atoms with E-state index >= 15 is 0 Å². The van der Waals surface area contributed by atoms with E-state index in [1.807, 2.05) is 91.0 Å². The van der Waals surface area contributed by atoms with Crippen molar-refractivity contribution in [3.63, 3.8) is 0 Å². The zero-order chi connectivity index (χ0) is 26.3. The second-order valence-corrected chi connectivity index (χ2v) is 9.23. The lowest BCUT2D eigenvalue weighted by Gasteiger charge is -2.48. The molecule has 9 heteroatoms. The number of aliphatic hydroxyl groups is 1. The van der Waals surface area contributed by atoms with E-state index in [1.165, 1.54) is 4.90 Å². The molecular formula is C29H30N2O7. The molecule has 198 valence electrons. The van der Waals surface area contributed by atoms with Gasteiger partial charge in [-0.1, -0.05) is 91.0 Å². The number of hydrogen-bond acceptors (Lipinski definition) is 7. The van der Waals surface area contributed by atoms with Crippen molar-refractivity contribution < 1.29 is 33.6 Å². The average molecular weight is 519 g/mol. The molecule has 3 aromatic carbocycles. The number of nitrogens with one attached hydrogen (secondary N) is 1. The van der Waals surface area contributed by atoms with E-state index in [1.54, 1.807) is 0 Å². The number of nitrogens with zero attached hydrogens (tertiary/aromatic N) is 1. The zero-order valence-electron chi connectivity index (χ0n) is 20.7. The molecule has 2 fully saturated rings. The molecule has 38 heavy (non-hydrogen) atoms. The molecule has 0 radical (unpaired) electrons. The molecule has 2 heterocycles. The lowest BCUT2D eigenvalue weighted by atomic mass is 9.95. The Morgan fingerprint density at radius 1 is 0.868 bits per heavy atom. The summed E-state index contributed by atoms with van der Waals surface area (Å²) >= 11 is 0. The van der Waals surface area contributed by atoms with Crippen LogP contribution in [0.25, 0.3) is 0 Å². The molecule has 2 amide bonds.